The Kier molecular flexibility index (Phi) is 6.59. The molecule has 0 spiro atoms. The molecule has 0 amide bonds. The summed E-state index contributed by atoms with van der Waals surface area (Å²) in [4.78, 5) is 0.156. The minimum Gasteiger partial charge on any atom is -0.317 e. The predicted octanol–water partition coefficient (Wildman–Crippen LogP) is 5.46. The van der Waals surface area contributed by atoms with Crippen LogP contribution in [0.5, 0.6) is 0 Å². The van der Waals surface area contributed by atoms with Gasteiger partial charge in [0.1, 0.15) is 5.82 Å². The van der Waals surface area contributed by atoms with Crippen molar-refractivity contribution in [1.82, 2.24) is 19.1 Å². The highest BCUT2D eigenvalue weighted by Gasteiger charge is 2.23. The second kappa shape index (κ2) is 9.69. The van der Waals surface area contributed by atoms with Gasteiger partial charge >= 0.3 is 0 Å². The lowest BCUT2D eigenvalue weighted by molar-refractivity contribution is 0.325. The van der Waals surface area contributed by atoms with Crippen molar-refractivity contribution in [2.24, 2.45) is 5.92 Å². The van der Waals surface area contributed by atoms with E-state index in [2.05, 4.69) is 16.5 Å². The molecule has 2 aromatic heterocycles. The fraction of sp³-hybridized carbons (Fsp3) is 0.222. The highest BCUT2D eigenvalue weighted by atomic mass is 35.5. The van der Waals surface area contributed by atoms with Gasteiger partial charge in [0.2, 0.25) is 0 Å². The van der Waals surface area contributed by atoms with E-state index in [1.165, 1.54) is 16.1 Å². The van der Waals surface area contributed by atoms with Gasteiger partial charge in [-0.25, -0.2) is 16.8 Å². The molecule has 1 aliphatic rings. The van der Waals surface area contributed by atoms with Crippen LogP contribution in [0.15, 0.2) is 84.0 Å². The van der Waals surface area contributed by atoms with Crippen LogP contribution in [0.1, 0.15) is 12.8 Å². The van der Waals surface area contributed by atoms with E-state index in [0.717, 1.165) is 54.5 Å². The van der Waals surface area contributed by atoms with Crippen LogP contribution < -0.4 is 5.32 Å². The minimum absolute atomic E-state index is 0. The largest absolute Gasteiger partial charge is 0.317 e. The topological polar surface area (TPSA) is 68.9 Å². The first-order valence-corrected chi connectivity index (χ1v) is 13.2. The summed E-state index contributed by atoms with van der Waals surface area (Å²) >= 11 is 0. The van der Waals surface area contributed by atoms with E-state index in [9.17, 15) is 12.8 Å². The van der Waals surface area contributed by atoms with E-state index in [0.29, 0.717) is 16.8 Å². The van der Waals surface area contributed by atoms with Crippen molar-refractivity contribution in [2.45, 2.75) is 24.3 Å². The second-order valence-corrected chi connectivity index (χ2v) is 10.9. The second-order valence-electron chi connectivity index (χ2n) is 9.11. The Morgan fingerprint density at radius 3 is 2.53 bits per heavy atom. The molecule has 9 heteroatoms. The lowest BCUT2D eigenvalue weighted by Crippen LogP contribution is -2.30. The zero-order valence-electron chi connectivity index (χ0n) is 19.5. The third-order valence-corrected chi connectivity index (χ3v) is 8.57. The van der Waals surface area contributed by atoms with Crippen LogP contribution in [0, 0.1) is 11.7 Å². The summed E-state index contributed by atoms with van der Waals surface area (Å²) in [6.45, 7) is 2.91. The normalized spacial score (nSPS) is 14.8. The number of nitrogens with zero attached hydrogens (tertiary/aromatic N) is 3. The first-order chi connectivity index (χ1) is 17.0. The number of rotatable bonds is 5. The molecule has 186 valence electrons. The smallest absolute Gasteiger partial charge is 0.268 e. The quantitative estimate of drug-likeness (QED) is 0.332. The Bertz CT molecular complexity index is 1640. The minimum atomic E-state index is -3.90. The summed E-state index contributed by atoms with van der Waals surface area (Å²) in [6.07, 6.45) is 5.72. The van der Waals surface area contributed by atoms with Crippen molar-refractivity contribution >= 4 is 44.2 Å². The van der Waals surface area contributed by atoms with Crippen LogP contribution in [0.2, 0.25) is 0 Å². The average Bonchev–Trinajstić information content (AvgIpc) is 3.46. The fourth-order valence-electron chi connectivity index (χ4n) is 5.00. The lowest BCUT2D eigenvalue weighted by Gasteiger charge is -2.22. The molecular formula is C27H26ClFN4O2S. The van der Waals surface area contributed by atoms with Gasteiger partial charge < -0.3 is 5.32 Å². The Balaban J connectivity index is 0.00000267. The summed E-state index contributed by atoms with van der Waals surface area (Å²) in [6, 6.07) is 18.5. The van der Waals surface area contributed by atoms with Crippen molar-refractivity contribution in [3.8, 4) is 11.1 Å². The fourth-order valence-corrected chi connectivity index (χ4v) is 6.38. The summed E-state index contributed by atoms with van der Waals surface area (Å²) < 4.78 is 44.4. The summed E-state index contributed by atoms with van der Waals surface area (Å²) in [5, 5.41) is 9.74. The predicted molar refractivity (Wildman–Crippen MR) is 142 cm³/mol. The number of hydrogen-bond donors (Lipinski definition) is 1. The molecule has 36 heavy (non-hydrogen) atoms. The Morgan fingerprint density at radius 2 is 1.75 bits per heavy atom. The third kappa shape index (κ3) is 4.30. The standard InChI is InChI=1S/C27H25FN4O2S.ClH/c28-22-8-9-24-25(18-32(27(24)15-22)35(33,34)23-4-2-1-3-5-23)20-6-7-21-16-30-31(26(21)14-20)17-19-10-12-29-13-11-19;/h1-9,14-16,18-19,29H,10-13,17H2;1H. The summed E-state index contributed by atoms with van der Waals surface area (Å²) in [5.74, 6) is 0.0890. The van der Waals surface area contributed by atoms with Crippen molar-refractivity contribution in [2.75, 3.05) is 13.1 Å². The van der Waals surface area contributed by atoms with E-state index >= 15 is 0 Å². The first-order valence-electron chi connectivity index (χ1n) is 11.8. The molecule has 0 bridgehead atoms. The number of benzene rings is 3. The van der Waals surface area contributed by atoms with Crippen LogP contribution in [-0.4, -0.2) is 35.3 Å². The monoisotopic (exact) mass is 524 g/mol. The molecule has 1 saturated heterocycles. The number of fused-ring (bicyclic) bond motifs is 2. The molecule has 0 radical (unpaired) electrons. The summed E-state index contributed by atoms with van der Waals surface area (Å²) in [7, 11) is -3.90. The van der Waals surface area contributed by atoms with E-state index < -0.39 is 15.8 Å². The Morgan fingerprint density at radius 1 is 0.972 bits per heavy atom. The van der Waals surface area contributed by atoms with Gasteiger partial charge in [-0.1, -0.05) is 30.3 Å². The van der Waals surface area contributed by atoms with E-state index in [1.807, 2.05) is 23.0 Å². The molecule has 1 fully saturated rings. The van der Waals surface area contributed by atoms with Crippen molar-refractivity contribution in [3.05, 3.63) is 84.9 Å². The highest BCUT2D eigenvalue weighted by Crippen LogP contribution is 2.35. The average molecular weight is 525 g/mol. The molecule has 3 heterocycles. The molecule has 6 nitrogen and oxygen atoms in total. The van der Waals surface area contributed by atoms with Gasteiger partial charge in [-0.05, 0) is 73.8 Å². The van der Waals surface area contributed by atoms with E-state index in [4.69, 9.17) is 0 Å². The zero-order valence-corrected chi connectivity index (χ0v) is 21.1. The number of hydrogen-bond acceptors (Lipinski definition) is 4. The molecule has 3 aromatic carbocycles. The maximum absolute atomic E-state index is 14.2. The van der Waals surface area contributed by atoms with Crippen molar-refractivity contribution in [1.29, 1.82) is 0 Å². The lowest BCUT2D eigenvalue weighted by atomic mass is 9.98. The number of nitrogens with one attached hydrogen (secondary N) is 1. The van der Waals surface area contributed by atoms with E-state index in [-0.39, 0.29) is 17.3 Å². The molecule has 1 aliphatic heterocycles. The van der Waals surface area contributed by atoms with Gasteiger partial charge in [0, 0.05) is 29.1 Å². The van der Waals surface area contributed by atoms with Crippen LogP contribution >= 0.6 is 12.4 Å². The van der Waals surface area contributed by atoms with Crippen LogP contribution in [0.3, 0.4) is 0 Å². The molecule has 6 rings (SSSR count). The maximum Gasteiger partial charge on any atom is 0.268 e. The van der Waals surface area contributed by atoms with Gasteiger partial charge in [0.15, 0.2) is 0 Å². The van der Waals surface area contributed by atoms with Crippen molar-refractivity contribution in [3.63, 3.8) is 0 Å². The van der Waals surface area contributed by atoms with Gasteiger partial charge in [0.25, 0.3) is 10.0 Å². The first kappa shape index (κ1) is 24.5. The third-order valence-electron chi connectivity index (χ3n) is 6.88. The molecule has 1 N–H and O–H groups in total. The number of aromatic nitrogens is 3. The number of halogens is 2. The summed E-state index contributed by atoms with van der Waals surface area (Å²) in [5.41, 5.74) is 2.92. The molecule has 5 aromatic rings. The van der Waals surface area contributed by atoms with Crippen LogP contribution in [0.4, 0.5) is 4.39 Å². The Hall–Kier alpha value is -3.20. The van der Waals surface area contributed by atoms with Crippen LogP contribution in [-0.2, 0) is 16.6 Å². The van der Waals surface area contributed by atoms with Gasteiger partial charge in [-0.3, -0.25) is 4.68 Å². The van der Waals surface area contributed by atoms with Crippen molar-refractivity contribution < 1.29 is 12.8 Å². The van der Waals surface area contributed by atoms with Gasteiger partial charge in [-0.15, -0.1) is 12.4 Å². The molecule has 0 aliphatic carbocycles. The van der Waals surface area contributed by atoms with Gasteiger partial charge in [0.05, 0.1) is 22.1 Å². The molecule has 0 saturated carbocycles. The maximum atomic E-state index is 14.2. The SMILES string of the molecule is Cl.O=S(=O)(c1ccccc1)n1cc(-c2ccc3cnn(CC4CCNCC4)c3c2)c2ccc(F)cc21. The molecule has 0 unspecified atom stereocenters. The molecule has 0 atom stereocenters. The zero-order chi connectivity index (χ0) is 24.0. The van der Waals surface area contributed by atoms with Gasteiger partial charge in [-0.2, -0.15) is 5.10 Å². The number of piperidine rings is 1. The Labute approximate surface area is 215 Å². The highest BCUT2D eigenvalue weighted by molar-refractivity contribution is 7.90. The molecular weight excluding hydrogens is 499 g/mol. The van der Waals surface area contributed by atoms with E-state index in [1.54, 1.807) is 42.6 Å². The van der Waals surface area contributed by atoms with Crippen LogP contribution in [0.25, 0.3) is 32.9 Å².